The van der Waals surface area contributed by atoms with E-state index in [1.807, 2.05) is 41.2 Å². The van der Waals surface area contributed by atoms with E-state index < -0.39 is 0 Å². The second-order valence-corrected chi connectivity index (χ2v) is 6.47. The zero-order valence-electron chi connectivity index (χ0n) is 15.8. The minimum absolute atomic E-state index is 0.590. The molecule has 2 heterocycles. The summed E-state index contributed by atoms with van der Waals surface area (Å²) >= 11 is 0. The molecule has 4 aromatic rings. The maximum absolute atomic E-state index is 5.83. The van der Waals surface area contributed by atoms with E-state index in [0.29, 0.717) is 6.54 Å². The number of furan rings is 1. The van der Waals surface area contributed by atoms with Gasteiger partial charge in [-0.2, -0.15) is 5.10 Å². The average molecular weight is 373 g/mol. The number of nitrogens with one attached hydrogen (secondary N) is 2. The highest BCUT2D eigenvalue weighted by molar-refractivity contribution is 5.80. The summed E-state index contributed by atoms with van der Waals surface area (Å²) in [5.41, 5.74) is 3.22. The van der Waals surface area contributed by atoms with Gasteiger partial charge in [-0.15, -0.1) is 0 Å². The molecule has 0 saturated carbocycles. The highest BCUT2D eigenvalue weighted by Gasteiger charge is 2.04. The van der Waals surface area contributed by atoms with E-state index in [1.54, 1.807) is 13.2 Å². The molecule has 28 heavy (non-hydrogen) atoms. The van der Waals surface area contributed by atoms with Gasteiger partial charge in [0.05, 0.1) is 12.2 Å². The molecule has 0 aliphatic heterocycles. The molecule has 6 nitrogen and oxygen atoms in total. The van der Waals surface area contributed by atoms with Gasteiger partial charge in [-0.25, -0.2) is 4.68 Å². The second-order valence-electron chi connectivity index (χ2n) is 6.47. The number of nitrogens with zero attached hydrogens (tertiary/aromatic N) is 3. The van der Waals surface area contributed by atoms with E-state index in [1.165, 1.54) is 5.56 Å². The number of benzene rings is 2. The van der Waals surface area contributed by atoms with E-state index in [0.717, 1.165) is 41.3 Å². The zero-order chi connectivity index (χ0) is 19.2. The Morgan fingerprint density at radius 2 is 1.93 bits per heavy atom. The van der Waals surface area contributed by atoms with E-state index in [9.17, 15) is 0 Å². The van der Waals surface area contributed by atoms with Gasteiger partial charge in [-0.1, -0.05) is 30.3 Å². The molecule has 2 aromatic carbocycles. The van der Waals surface area contributed by atoms with Gasteiger partial charge in [-0.3, -0.25) is 4.99 Å². The van der Waals surface area contributed by atoms with Crippen molar-refractivity contribution >= 4 is 16.9 Å². The smallest absolute Gasteiger partial charge is 0.191 e. The Kier molecular flexibility index (Phi) is 5.38. The Balaban J connectivity index is 1.26. The van der Waals surface area contributed by atoms with Crippen molar-refractivity contribution in [2.24, 2.45) is 4.99 Å². The Morgan fingerprint density at radius 1 is 1.07 bits per heavy atom. The molecule has 0 amide bonds. The third kappa shape index (κ3) is 4.23. The zero-order valence-corrected chi connectivity index (χ0v) is 15.8. The van der Waals surface area contributed by atoms with Crippen LogP contribution in [0.15, 0.2) is 82.5 Å². The summed E-state index contributed by atoms with van der Waals surface area (Å²) in [5, 5.41) is 12.0. The van der Waals surface area contributed by atoms with Gasteiger partial charge in [0.1, 0.15) is 11.3 Å². The third-order valence-corrected chi connectivity index (χ3v) is 4.54. The molecule has 0 saturated heterocycles. The molecular weight excluding hydrogens is 350 g/mol. The lowest BCUT2D eigenvalue weighted by molar-refractivity contribution is 0.538. The van der Waals surface area contributed by atoms with Crippen LogP contribution in [0.3, 0.4) is 0 Å². The summed E-state index contributed by atoms with van der Waals surface area (Å²) in [7, 11) is 1.77. The number of aliphatic imine (C=N–C) groups is 1. The van der Waals surface area contributed by atoms with Gasteiger partial charge >= 0.3 is 0 Å². The van der Waals surface area contributed by atoms with Crippen molar-refractivity contribution in [1.82, 2.24) is 20.4 Å². The van der Waals surface area contributed by atoms with Gasteiger partial charge in [0.15, 0.2) is 5.96 Å². The lowest BCUT2D eigenvalue weighted by Crippen LogP contribution is -2.37. The standard InChI is InChI=1S/C22H23N5O/c1-23-22(25-16-20-15-18-5-2-3-6-21(18)28-20)24-13-11-17-7-9-19(10-8-17)27-14-4-12-26-27/h2-10,12,14-15H,11,13,16H2,1H3,(H2,23,24,25). The van der Waals surface area contributed by atoms with Crippen LogP contribution < -0.4 is 10.6 Å². The van der Waals surface area contributed by atoms with E-state index in [-0.39, 0.29) is 0 Å². The molecule has 6 heteroatoms. The van der Waals surface area contributed by atoms with Crippen molar-refractivity contribution in [3.63, 3.8) is 0 Å². The van der Waals surface area contributed by atoms with Gasteiger partial charge < -0.3 is 15.1 Å². The Bertz CT molecular complexity index is 1020. The summed E-state index contributed by atoms with van der Waals surface area (Å²) in [5.74, 6) is 1.65. The number of fused-ring (bicyclic) bond motifs is 1. The highest BCUT2D eigenvalue weighted by atomic mass is 16.3. The topological polar surface area (TPSA) is 67.4 Å². The van der Waals surface area contributed by atoms with Crippen LogP contribution in [-0.2, 0) is 13.0 Å². The summed E-state index contributed by atoms with van der Waals surface area (Å²) in [6.07, 6.45) is 4.63. The van der Waals surface area contributed by atoms with Crippen molar-refractivity contribution in [2.75, 3.05) is 13.6 Å². The van der Waals surface area contributed by atoms with E-state index in [2.05, 4.69) is 51.1 Å². The molecular formula is C22H23N5O. The molecule has 2 aromatic heterocycles. The summed E-state index contributed by atoms with van der Waals surface area (Å²) in [6.45, 7) is 1.38. The van der Waals surface area contributed by atoms with Crippen LogP contribution in [0.25, 0.3) is 16.7 Å². The maximum Gasteiger partial charge on any atom is 0.191 e. The normalized spacial score (nSPS) is 11.7. The number of rotatable bonds is 6. The summed E-state index contributed by atoms with van der Waals surface area (Å²) in [6, 6.07) is 20.4. The molecule has 0 bridgehead atoms. The fourth-order valence-corrected chi connectivity index (χ4v) is 3.08. The quantitative estimate of drug-likeness (QED) is 0.401. The number of para-hydroxylation sites is 1. The van der Waals surface area contributed by atoms with Gasteiger partial charge in [0, 0.05) is 31.4 Å². The fourth-order valence-electron chi connectivity index (χ4n) is 3.08. The number of aromatic nitrogens is 2. The predicted molar refractivity (Wildman–Crippen MR) is 112 cm³/mol. The first-order valence-corrected chi connectivity index (χ1v) is 9.33. The van der Waals surface area contributed by atoms with Gasteiger partial charge in [0.2, 0.25) is 0 Å². The fraction of sp³-hybridized carbons (Fsp3) is 0.182. The molecule has 4 rings (SSSR count). The molecule has 0 fully saturated rings. The van der Waals surface area contributed by atoms with Crippen molar-refractivity contribution in [1.29, 1.82) is 0 Å². The number of hydrogen-bond donors (Lipinski definition) is 2. The summed E-state index contributed by atoms with van der Waals surface area (Å²) in [4.78, 5) is 4.28. The minimum Gasteiger partial charge on any atom is -0.459 e. The predicted octanol–water partition coefficient (Wildman–Crippen LogP) is 3.53. The molecule has 0 spiro atoms. The molecule has 0 aliphatic carbocycles. The van der Waals surface area contributed by atoms with Crippen molar-refractivity contribution < 1.29 is 4.42 Å². The van der Waals surface area contributed by atoms with Crippen LogP contribution in [0.2, 0.25) is 0 Å². The number of guanidine groups is 1. The number of hydrogen-bond acceptors (Lipinski definition) is 3. The first-order valence-electron chi connectivity index (χ1n) is 9.33. The Hall–Kier alpha value is -3.54. The SMILES string of the molecule is CN=C(NCCc1ccc(-n2cccn2)cc1)NCc1cc2ccccc2o1. The lowest BCUT2D eigenvalue weighted by Gasteiger charge is -2.11. The van der Waals surface area contributed by atoms with Crippen LogP contribution in [0.4, 0.5) is 0 Å². The van der Waals surface area contributed by atoms with Crippen LogP contribution in [0.1, 0.15) is 11.3 Å². The van der Waals surface area contributed by atoms with Crippen molar-refractivity contribution in [3.8, 4) is 5.69 Å². The lowest BCUT2D eigenvalue weighted by atomic mass is 10.1. The van der Waals surface area contributed by atoms with Crippen LogP contribution >= 0.6 is 0 Å². The van der Waals surface area contributed by atoms with E-state index in [4.69, 9.17) is 4.42 Å². The molecule has 142 valence electrons. The molecule has 2 N–H and O–H groups in total. The van der Waals surface area contributed by atoms with Gasteiger partial charge in [0.25, 0.3) is 0 Å². The first kappa shape index (κ1) is 17.9. The van der Waals surface area contributed by atoms with Crippen molar-refractivity contribution in [2.45, 2.75) is 13.0 Å². The first-order chi connectivity index (χ1) is 13.8. The van der Waals surface area contributed by atoms with Crippen LogP contribution in [0.5, 0.6) is 0 Å². The van der Waals surface area contributed by atoms with E-state index >= 15 is 0 Å². The largest absolute Gasteiger partial charge is 0.459 e. The molecule has 0 aliphatic rings. The molecule has 0 atom stereocenters. The Morgan fingerprint density at radius 3 is 2.68 bits per heavy atom. The summed E-state index contributed by atoms with van der Waals surface area (Å²) < 4.78 is 7.68. The Labute approximate surface area is 163 Å². The molecule has 0 radical (unpaired) electrons. The minimum atomic E-state index is 0.590. The highest BCUT2D eigenvalue weighted by Crippen LogP contribution is 2.18. The maximum atomic E-state index is 5.83. The monoisotopic (exact) mass is 373 g/mol. The molecule has 0 unspecified atom stereocenters. The average Bonchev–Trinajstić information content (AvgIpc) is 3.40. The second kappa shape index (κ2) is 8.43. The van der Waals surface area contributed by atoms with Crippen LogP contribution in [0, 0.1) is 0 Å². The third-order valence-electron chi connectivity index (χ3n) is 4.54. The van der Waals surface area contributed by atoms with Gasteiger partial charge in [-0.05, 0) is 42.3 Å². The van der Waals surface area contributed by atoms with Crippen molar-refractivity contribution in [3.05, 3.63) is 84.4 Å². The van der Waals surface area contributed by atoms with Crippen LogP contribution in [-0.4, -0.2) is 29.3 Å².